The number of rotatable bonds is 3. The van der Waals surface area contributed by atoms with Gasteiger partial charge in [0.1, 0.15) is 5.82 Å². The highest BCUT2D eigenvalue weighted by molar-refractivity contribution is 5.81. The molecule has 0 spiro atoms. The van der Waals surface area contributed by atoms with Gasteiger partial charge in [-0.1, -0.05) is 34.6 Å². The van der Waals surface area contributed by atoms with E-state index in [1.165, 1.54) is 0 Å². The number of anilines is 2. The SMILES string of the molecule is CC(C)c1nc(N(C)C)nc(N2CCN(C(=O)C(C)(C)C)CC2)n1. The van der Waals surface area contributed by atoms with E-state index in [1.54, 1.807) is 0 Å². The Hall–Kier alpha value is -1.92. The van der Waals surface area contributed by atoms with Crippen LogP contribution in [0, 0.1) is 5.41 Å². The molecule has 2 rings (SSSR count). The van der Waals surface area contributed by atoms with E-state index >= 15 is 0 Å². The van der Waals surface area contributed by atoms with E-state index in [0.717, 1.165) is 18.9 Å². The van der Waals surface area contributed by atoms with Crippen molar-refractivity contribution in [2.45, 2.75) is 40.5 Å². The molecule has 2 heterocycles. The molecule has 0 saturated carbocycles. The first-order chi connectivity index (χ1) is 11.1. The van der Waals surface area contributed by atoms with Crippen molar-refractivity contribution < 1.29 is 4.79 Å². The lowest BCUT2D eigenvalue weighted by molar-refractivity contribution is -0.139. The molecule has 0 aliphatic carbocycles. The number of carbonyl (C=O) groups excluding carboxylic acids is 1. The summed E-state index contributed by atoms with van der Waals surface area (Å²) in [6, 6.07) is 0. The Bertz CT molecular complexity index is 559. The Balaban J connectivity index is 2.15. The lowest BCUT2D eigenvalue weighted by Crippen LogP contribution is -2.52. The topological polar surface area (TPSA) is 65.5 Å². The molecule has 0 N–H and O–H groups in total. The summed E-state index contributed by atoms with van der Waals surface area (Å²) in [5.74, 6) is 2.64. The molecule has 0 aromatic carbocycles. The third kappa shape index (κ3) is 4.13. The zero-order chi connectivity index (χ0) is 18.1. The molecule has 134 valence electrons. The summed E-state index contributed by atoms with van der Waals surface area (Å²) in [5.41, 5.74) is -0.335. The Kier molecular flexibility index (Phi) is 5.30. The number of aromatic nitrogens is 3. The summed E-state index contributed by atoms with van der Waals surface area (Å²) in [7, 11) is 3.87. The van der Waals surface area contributed by atoms with E-state index in [1.807, 2.05) is 44.7 Å². The van der Waals surface area contributed by atoms with E-state index in [9.17, 15) is 4.79 Å². The summed E-state index contributed by atoms with van der Waals surface area (Å²) in [4.78, 5) is 32.1. The van der Waals surface area contributed by atoms with Crippen molar-refractivity contribution in [3.8, 4) is 0 Å². The average molecular weight is 334 g/mol. The predicted molar refractivity (Wildman–Crippen MR) is 96.5 cm³/mol. The van der Waals surface area contributed by atoms with Gasteiger partial charge < -0.3 is 14.7 Å². The van der Waals surface area contributed by atoms with Crippen molar-refractivity contribution >= 4 is 17.8 Å². The van der Waals surface area contributed by atoms with Gasteiger partial charge in [0.25, 0.3) is 0 Å². The highest BCUT2D eigenvalue weighted by Crippen LogP contribution is 2.21. The minimum Gasteiger partial charge on any atom is -0.347 e. The van der Waals surface area contributed by atoms with Crippen LogP contribution in [0.3, 0.4) is 0 Å². The number of nitrogens with zero attached hydrogens (tertiary/aromatic N) is 6. The first kappa shape index (κ1) is 18.4. The minimum atomic E-state index is -0.335. The van der Waals surface area contributed by atoms with Crippen LogP contribution in [-0.4, -0.2) is 66.0 Å². The first-order valence-corrected chi connectivity index (χ1v) is 8.57. The van der Waals surface area contributed by atoms with E-state index < -0.39 is 0 Å². The number of carbonyl (C=O) groups is 1. The van der Waals surface area contributed by atoms with Gasteiger partial charge in [-0.05, 0) is 0 Å². The lowest BCUT2D eigenvalue weighted by atomic mass is 9.94. The summed E-state index contributed by atoms with van der Waals surface area (Å²) in [6.07, 6.45) is 0. The van der Waals surface area contributed by atoms with Crippen molar-refractivity contribution in [1.82, 2.24) is 19.9 Å². The molecule has 7 heteroatoms. The lowest BCUT2D eigenvalue weighted by Gasteiger charge is -2.37. The van der Waals surface area contributed by atoms with Crippen LogP contribution in [0.1, 0.15) is 46.4 Å². The molecule has 24 heavy (non-hydrogen) atoms. The highest BCUT2D eigenvalue weighted by Gasteiger charge is 2.30. The maximum absolute atomic E-state index is 12.4. The zero-order valence-electron chi connectivity index (χ0n) is 16.0. The molecule has 0 radical (unpaired) electrons. The van der Waals surface area contributed by atoms with Gasteiger partial charge >= 0.3 is 0 Å². The van der Waals surface area contributed by atoms with Crippen LogP contribution in [0.25, 0.3) is 0 Å². The second kappa shape index (κ2) is 6.91. The minimum absolute atomic E-state index is 0.203. The van der Waals surface area contributed by atoms with Gasteiger partial charge in [-0.3, -0.25) is 4.79 Å². The van der Waals surface area contributed by atoms with Crippen molar-refractivity contribution in [3.63, 3.8) is 0 Å². The number of hydrogen-bond acceptors (Lipinski definition) is 6. The molecule has 1 aromatic rings. The average Bonchev–Trinajstić information content (AvgIpc) is 2.53. The molecule has 0 unspecified atom stereocenters. The number of piperazine rings is 1. The van der Waals surface area contributed by atoms with Gasteiger partial charge in [-0.25, -0.2) is 0 Å². The maximum atomic E-state index is 12.4. The molecule has 7 nitrogen and oxygen atoms in total. The largest absolute Gasteiger partial charge is 0.347 e. The third-order valence-electron chi connectivity index (χ3n) is 4.04. The van der Waals surface area contributed by atoms with Gasteiger partial charge in [0.2, 0.25) is 17.8 Å². The normalized spacial score (nSPS) is 15.8. The highest BCUT2D eigenvalue weighted by atomic mass is 16.2. The molecule has 1 fully saturated rings. The first-order valence-electron chi connectivity index (χ1n) is 8.57. The Morgan fingerprint density at radius 2 is 1.62 bits per heavy atom. The Morgan fingerprint density at radius 3 is 2.08 bits per heavy atom. The predicted octanol–water partition coefficient (Wildman–Crippen LogP) is 1.76. The molecule has 1 aliphatic heterocycles. The maximum Gasteiger partial charge on any atom is 0.230 e. The van der Waals surface area contributed by atoms with Crippen LogP contribution in [0.5, 0.6) is 0 Å². The van der Waals surface area contributed by atoms with Crippen molar-refractivity contribution in [2.24, 2.45) is 5.41 Å². The van der Waals surface area contributed by atoms with Gasteiger partial charge in [0.15, 0.2) is 0 Å². The molecule has 1 amide bonds. The molecular weight excluding hydrogens is 304 g/mol. The van der Waals surface area contributed by atoms with Crippen LogP contribution in [-0.2, 0) is 4.79 Å². The summed E-state index contributed by atoms with van der Waals surface area (Å²) in [5, 5.41) is 0. The fourth-order valence-corrected chi connectivity index (χ4v) is 2.55. The molecule has 1 aromatic heterocycles. The Morgan fingerprint density at radius 1 is 1.04 bits per heavy atom. The van der Waals surface area contributed by atoms with Crippen LogP contribution in [0.15, 0.2) is 0 Å². The van der Waals surface area contributed by atoms with Crippen LogP contribution in [0.4, 0.5) is 11.9 Å². The number of hydrogen-bond donors (Lipinski definition) is 0. The van der Waals surface area contributed by atoms with Gasteiger partial charge in [0.05, 0.1) is 0 Å². The Labute approximate surface area is 145 Å². The van der Waals surface area contributed by atoms with Crippen LogP contribution in [0.2, 0.25) is 0 Å². The zero-order valence-corrected chi connectivity index (χ0v) is 16.0. The fourth-order valence-electron chi connectivity index (χ4n) is 2.55. The standard InChI is InChI=1S/C17H30N6O/c1-12(2)13-18-15(21(6)7)20-16(19-13)23-10-8-22(9-11-23)14(24)17(3,4)5/h12H,8-11H2,1-7H3. The monoisotopic (exact) mass is 334 g/mol. The molecule has 0 bridgehead atoms. The quantitative estimate of drug-likeness (QED) is 0.839. The van der Waals surface area contributed by atoms with Crippen LogP contribution < -0.4 is 9.80 Å². The second-order valence-corrected chi connectivity index (χ2v) is 7.87. The molecular formula is C17H30N6O. The van der Waals surface area contributed by atoms with Crippen molar-refractivity contribution in [3.05, 3.63) is 5.82 Å². The molecule has 1 saturated heterocycles. The van der Waals surface area contributed by atoms with E-state index in [0.29, 0.717) is 25.0 Å². The number of amides is 1. The van der Waals surface area contributed by atoms with E-state index in [2.05, 4.69) is 33.7 Å². The van der Waals surface area contributed by atoms with Crippen molar-refractivity contribution in [1.29, 1.82) is 0 Å². The van der Waals surface area contributed by atoms with Gasteiger partial charge in [0, 0.05) is 51.6 Å². The summed E-state index contributed by atoms with van der Waals surface area (Å²) < 4.78 is 0. The summed E-state index contributed by atoms with van der Waals surface area (Å²) >= 11 is 0. The smallest absolute Gasteiger partial charge is 0.230 e. The second-order valence-electron chi connectivity index (χ2n) is 7.87. The molecule has 0 atom stereocenters. The van der Waals surface area contributed by atoms with Crippen LogP contribution >= 0.6 is 0 Å². The van der Waals surface area contributed by atoms with E-state index in [-0.39, 0.29) is 17.2 Å². The third-order valence-corrected chi connectivity index (χ3v) is 4.04. The van der Waals surface area contributed by atoms with Crippen molar-refractivity contribution in [2.75, 3.05) is 50.1 Å². The van der Waals surface area contributed by atoms with Gasteiger partial charge in [-0.15, -0.1) is 0 Å². The van der Waals surface area contributed by atoms with Gasteiger partial charge in [-0.2, -0.15) is 15.0 Å². The summed E-state index contributed by atoms with van der Waals surface area (Å²) in [6.45, 7) is 13.0. The fraction of sp³-hybridized carbons (Fsp3) is 0.765. The van der Waals surface area contributed by atoms with E-state index in [4.69, 9.17) is 0 Å². The molecule has 1 aliphatic rings.